The number of rotatable bonds is 5. The van der Waals surface area contributed by atoms with Gasteiger partial charge in [0.25, 0.3) is 0 Å². The predicted octanol–water partition coefficient (Wildman–Crippen LogP) is 2.68. The molecule has 0 aliphatic rings. The lowest BCUT2D eigenvalue weighted by Gasteiger charge is -2.09. The first-order valence-electron chi connectivity index (χ1n) is 6.26. The molecular formula is C15H15NO5. The van der Waals surface area contributed by atoms with Gasteiger partial charge < -0.3 is 19.6 Å². The number of ether oxygens (including phenoxy) is 1. The number of anilines is 1. The van der Waals surface area contributed by atoms with Gasteiger partial charge in [-0.25, -0.2) is 9.59 Å². The Bertz CT molecular complexity index is 674. The van der Waals surface area contributed by atoms with Crippen LogP contribution in [-0.4, -0.2) is 24.2 Å². The van der Waals surface area contributed by atoms with Gasteiger partial charge in [-0.3, -0.25) is 0 Å². The molecule has 1 heterocycles. The van der Waals surface area contributed by atoms with Gasteiger partial charge in [-0.2, -0.15) is 0 Å². The van der Waals surface area contributed by atoms with Crippen molar-refractivity contribution in [1.29, 1.82) is 0 Å². The molecule has 2 aromatic rings. The van der Waals surface area contributed by atoms with Gasteiger partial charge in [-0.15, -0.1) is 0 Å². The van der Waals surface area contributed by atoms with Crippen molar-refractivity contribution >= 4 is 17.6 Å². The maximum atomic E-state index is 11.3. The van der Waals surface area contributed by atoms with Gasteiger partial charge in [-0.05, 0) is 36.8 Å². The standard InChI is InChI=1S/C15H15NO5/c1-9-3-4-10(14(17)18)7-12(9)16-8-11-5-6-13(21-11)15(19)20-2/h3-7,16H,8H2,1-2H3,(H,17,18). The van der Waals surface area contributed by atoms with E-state index in [1.807, 2.05) is 6.92 Å². The summed E-state index contributed by atoms with van der Waals surface area (Å²) in [4.78, 5) is 22.2. The Hall–Kier alpha value is -2.76. The van der Waals surface area contributed by atoms with E-state index >= 15 is 0 Å². The summed E-state index contributed by atoms with van der Waals surface area (Å²) in [5.74, 6) is -0.838. The van der Waals surface area contributed by atoms with Crippen LogP contribution in [0.4, 0.5) is 5.69 Å². The van der Waals surface area contributed by atoms with E-state index in [1.54, 1.807) is 24.3 Å². The highest BCUT2D eigenvalue weighted by atomic mass is 16.5. The van der Waals surface area contributed by atoms with Crippen LogP contribution in [0.3, 0.4) is 0 Å². The van der Waals surface area contributed by atoms with E-state index in [-0.39, 0.29) is 11.3 Å². The van der Waals surface area contributed by atoms with Crippen LogP contribution in [0, 0.1) is 6.92 Å². The molecule has 1 aromatic heterocycles. The van der Waals surface area contributed by atoms with E-state index in [9.17, 15) is 9.59 Å². The lowest BCUT2D eigenvalue weighted by molar-refractivity contribution is 0.0562. The summed E-state index contributed by atoms with van der Waals surface area (Å²) in [5, 5.41) is 12.1. The molecule has 2 rings (SSSR count). The van der Waals surface area contributed by atoms with E-state index < -0.39 is 11.9 Å². The van der Waals surface area contributed by atoms with Gasteiger partial charge in [0.15, 0.2) is 0 Å². The third-order valence-corrected chi connectivity index (χ3v) is 2.99. The highest BCUT2D eigenvalue weighted by Gasteiger charge is 2.11. The van der Waals surface area contributed by atoms with Gasteiger partial charge in [-0.1, -0.05) is 6.07 Å². The fourth-order valence-corrected chi connectivity index (χ4v) is 1.81. The van der Waals surface area contributed by atoms with Crippen molar-refractivity contribution in [2.45, 2.75) is 13.5 Å². The highest BCUT2D eigenvalue weighted by Crippen LogP contribution is 2.19. The third kappa shape index (κ3) is 3.42. The molecular weight excluding hydrogens is 274 g/mol. The number of hydrogen-bond donors (Lipinski definition) is 2. The first kappa shape index (κ1) is 14.6. The Balaban J connectivity index is 2.09. The second kappa shape index (κ2) is 6.13. The number of esters is 1. The minimum atomic E-state index is -0.982. The Morgan fingerprint density at radius 2 is 2.05 bits per heavy atom. The zero-order valence-corrected chi connectivity index (χ0v) is 11.7. The van der Waals surface area contributed by atoms with E-state index in [4.69, 9.17) is 9.52 Å². The number of furan rings is 1. The molecule has 110 valence electrons. The van der Waals surface area contributed by atoms with Crippen molar-refractivity contribution in [3.05, 3.63) is 53.0 Å². The quantitative estimate of drug-likeness (QED) is 0.823. The summed E-state index contributed by atoms with van der Waals surface area (Å²) in [6.07, 6.45) is 0. The molecule has 0 unspecified atom stereocenters. The number of aryl methyl sites for hydroxylation is 1. The molecule has 1 aromatic carbocycles. The largest absolute Gasteiger partial charge is 0.478 e. The number of benzene rings is 1. The molecule has 6 nitrogen and oxygen atoms in total. The number of carboxylic acids is 1. The molecule has 0 fully saturated rings. The number of hydrogen-bond acceptors (Lipinski definition) is 5. The number of carbonyl (C=O) groups excluding carboxylic acids is 1. The van der Waals surface area contributed by atoms with Crippen LogP contribution in [0.1, 0.15) is 32.2 Å². The van der Waals surface area contributed by atoms with E-state index in [0.717, 1.165) is 5.56 Å². The molecule has 0 saturated heterocycles. The lowest BCUT2D eigenvalue weighted by Crippen LogP contribution is -2.03. The molecule has 0 radical (unpaired) electrons. The summed E-state index contributed by atoms with van der Waals surface area (Å²) >= 11 is 0. The third-order valence-electron chi connectivity index (χ3n) is 2.99. The first-order chi connectivity index (χ1) is 10.0. The smallest absolute Gasteiger partial charge is 0.373 e. The number of methoxy groups -OCH3 is 1. The van der Waals surface area contributed by atoms with Crippen molar-refractivity contribution < 1.29 is 23.8 Å². The molecule has 0 aliphatic carbocycles. The van der Waals surface area contributed by atoms with Crippen LogP contribution in [0.5, 0.6) is 0 Å². The lowest BCUT2D eigenvalue weighted by atomic mass is 10.1. The summed E-state index contributed by atoms with van der Waals surface area (Å²) in [5.41, 5.74) is 1.82. The van der Waals surface area contributed by atoms with Crippen molar-refractivity contribution in [2.75, 3.05) is 12.4 Å². The molecule has 0 bridgehead atoms. The van der Waals surface area contributed by atoms with Crippen LogP contribution in [0.25, 0.3) is 0 Å². The number of carboxylic acid groups (broad SMARTS) is 1. The van der Waals surface area contributed by atoms with Gasteiger partial charge in [0.05, 0.1) is 19.2 Å². The minimum Gasteiger partial charge on any atom is -0.478 e. The average molecular weight is 289 g/mol. The second-order valence-corrected chi connectivity index (χ2v) is 4.45. The SMILES string of the molecule is COC(=O)c1ccc(CNc2cc(C(=O)O)ccc2C)o1. The Morgan fingerprint density at radius 3 is 2.71 bits per heavy atom. The van der Waals surface area contributed by atoms with Gasteiger partial charge in [0, 0.05) is 5.69 Å². The topological polar surface area (TPSA) is 88.8 Å². The number of aromatic carboxylic acids is 1. The van der Waals surface area contributed by atoms with E-state index in [1.165, 1.54) is 13.2 Å². The zero-order valence-electron chi connectivity index (χ0n) is 11.7. The normalized spacial score (nSPS) is 10.2. The number of carbonyl (C=O) groups is 2. The maximum absolute atomic E-state index is 11.3. The fraction of sp³-hybridized carbons (Fsp3) is 0.200. The monoisotopic (exact) mass is 289 g/mol. The van der Waals surface area contributed by atoms with Gasteiger partial charge in [0.1, 0.15) is 5.76 Å². The summed E-state index contributed by atoms with van der Waals surface area (Å²) < 4.78 is 9.88. The van der Waals surface area contributed by atoms with Crippen LogP contribution >= 0.6 is 0 Å². The number of nitrogens with one attached hydrogen (secondary N) is 1. The van der Waals surface area contributed by atoms with Crippen molar-refractivity contribution in [3.8, 4) is 0 Å². The Labute approximate surface area is 121 Å². The Kier molecular flexibility index (Phi) is 4.27. The molecule has 0 spiro atoms. The molecule has 0 atom stereocenters. The van der Waals surface area contributed by atoms with Gasteiger partial charge >= 0.3 is 11.9 Å². The molecule has 6 heteroatoms. The van der Waals surface area contributed by atoms with Crippen molar-refractivity contribution in [2.24, 2.45) is 0 Å². The maximum Gasteiger partial charge on any atom is 0.373 e. The second-order valence-electron chi connectivity index (χ2n) is 4.45. The van der Waals surface area contributed by atoms with Crippen molar-refractivity contribution in [3.63, 3.8) is 0 Å². The zero-order chi connectivity index (χ0) is 15.4. The predicted molar refractivity (Wildman–Crippen MR) is 75.5 cm³/mol. The average Bonchev–Trinajstić information content (AvgIpc) is 2.94. The Morgan fingerprint density at radius 1 is 1.29 bits per heavy atom. The summed E-state index contributed by atoms with van der Waals surface area (Å²) in [6, 6.07) is 8.03. The summed E-state index contributed by atoms with van der Waals surface area (Å²) in [7, 11) is 1.28. The molecule has 0 aliphatic heterocycles. The highest BCUT2D eigenvalue weighted by molar-refractivity contribution is 5.89. The van der Waals surface area contributed by atoms with Crippen LogP contribution in [0.2, 0.25) is 0 Å². The van der Waals surface area contributed by atoms with E-state index in [2.05, 4.69) is 10.1 Å². The van der Waals surface area contributed by atoms with E-state index in [0.29, 0.717) is 18.0 Å². The first-order valence-corrected chi connectivity index (χ1v) is 6.26. The van der Waals surface area contributed by atoms with Crippen molar-refractivity contribution in [1.82, 2.24) is 0 Å². The molecule has 0 amide bonds. The summed E-state index contributed by atoms with van der Waals surface area (Å²) in [6.45, 7) is 2.21. The molecule has 2 N–H and O–H groups in total. The minimum absolute atomic E-state index is 0.130. The van der Waals surface area contributed by atoms with Crippen LogP contribution in [-0.2, 0) is 11.3 Å². The fourth-order valence-electron chi connectivity index (χ4n) is 1.81. The van der Waals surface area contributed by atoms with Crippen LogP contribution in [0.15, 0.2) is 34.7 Å². The van der Waals surface area contributed by atoms with Gasteiger partial charge in [0.2, 0.25) is 5.76 Å². The molecule has 0 saturated carbocycles. The molecule has 21 heavy (non-hydrogen) atoms. The van der Waals surface area contributed by atoms with Crippen LogP contribution < -0.4 is 5.32 Å².